The van der Waals surface area contributed by atoms with Gasteiger partial charge in [-0.15, -0.1) is 22.7 Å². The van der Waals surface area contributed by atoms with E-state index >= 15 is 0 Å². The Hall–Kier alpha value is -14.4. The predicted octanol–water partition coefficient (Wildman–Crippen LogP) is 27.3. The number of nitrogens with zero attached hydrogens (tertiary/aromatic N) is 8. The zero-order chi connectivity index (χ0) is 74.0. The molecule has 0 unspecified atom stereocenters. The second-order valence-corrected chi connectivity index (χ2v) is 30.3. The van der Waals surface area contributed by atoms with Gasteiger partial charge in [-0.05, 0) is 136 Å². The summed E-state index contributed by atoms with van der Waals surface area (Å²) in [6.45, 7) is 0. The van der Waals surface area contributed by atoms with Crippen molar-refractivity contribution >= 4 is 107 Å². The van der Waals surface area contributed by atoms with Crippen molar-refractivity contribution in [1.29, 1.82) is 0 Å². The summed E-state index contributed by atoms with van der Waals surface area (Å²) < 4.78 is 9.75. The van der Waals surface area contributed by atoms with E-state index in [2.05, 4.69) is 361 Å². The van der Waals surface area contributed by atoms with Gasteiger partial charge in [-0.2, -0.15) is 0 Å². The molecule has 0 aliphatic rings. The minimum atomic E-state index is 0.638. The number of benzene rings is 16. The van der Waals surface area contributed by atoms with Crippen LogP contribution >= 0.6 is 22.7 Å². The third-order valence-electron chi connectivity index (χ3n) is 21.3. The zero-order valence-electron chi connectivity index (χ0n) is 60.3. The Bertz CT molecular complexity index is 7380. The lowest BCUT2D eigenvalue weighted by atomic mass is 10.0. The van der Waals surface area contributed by atoms with Crippen molar-refractivity contribution in [2.45, 2.75) is 0 Å². The van der Waals surface area contributed by atoms with Crippen molar-refractivity contribution < 1.29 is 0 Å². The molecule has 22 aromatic rings. The van der Waals surface area contributed by atoms with Gasteiger partial charge in [0, 0.05) is 107 Å². The van der Waals surface area contributed by atoms with Crippen LogP contribution in [0.2, 0.25) is 0 Å². The molecule has 0 saturated heterocycles. The Morgan fingerprint density at radius 3 is 0.911 bits per heavy atom. The van der Waals surface area contributed by atoms with E-state index in [1.165, 1.54) is 106 Å². The standard InChI is InChI=1S/2C51H32N4S/c1-3-13-33(14-4-1)37-26-28-46-44(31-37)41-21-7-9-23-45(41)55(46)40-20-12-18-36(30-40)35-17-11-19-38(29-35)50-52-49(34-15-5-2-6-16-34)53-51(54-50)39-25-27-43-42-22-8-10-24-47(42)56-48(43)32-39;1-3-13-33(14-4-1)37-25-27-42-41-21-7-9-23-45(41)55(46(42)31-37)40-20-12-18-36(30-40)35-17-11-19-38(29-35)50-52-49(34-15-5-2-6-16-34)53-51(54-50)39-26-28-44-43-22-8-10-24-47(43)56-48(44)32-39/h2*1-32H. The topological polar surface area (TPSA) is 87.2 Å². The zero-order valence-corrected chi connectivity index (χ0v) is 62.0. The van der Waals surface area contributed by atoms with Crippen LogP contribution < -0.4 is 0 Å². The SMILES string of the molecule is c1ccc(-c2ccc3c(c2)c2ccccc2n3-c2cccc(-c3cccc(-c4nc(-c5ccccc5)nc(-c5ccc6c(c5)sc5ccccc56)n4)c3)c2)cc1.c1ccc(-c2ccc3c4ccccc4n(-c4cccc(-c5cccc(-c6nc(-c7ccccc7)nc(-c7ccc8c(c7)sc7ccccc78)n6)c5)c4)c3c2)cc1. The van der Waals surface area contributed by atoms with Gasteiger partial charge in [0.05, 0.1) is 22.1 Å². The lowest BCUT2D eigenvalue weighted by Gasteiger charge is -2.12. The highest BCUT2D eigenvalue weighted by molar-refractivity contribution is 7.26. The highest BCUT2D eigenvalue weighted by atomic mass is 32.1. The number of fused-ring (bicyclic) bond motifs is 12. The molecule has 0 fully saturated rings. The van der Waals surface area contributed by atoms with Gasteiger partial charge in [0.2, 0.25) is 0 Å². The molecule has 22 rings (SSSR count). The molecule has 0 bridgehead atoms. The third kappa shape index (κ3) is 12.1. The molecule has 0 spiro atoms. The van der Waals surface area contributed by atoms with Gasteiger partial charge in [0.1, 0.15) is 0 Å². The Morgan fingerprint density at radius 2 is 0.438 bits per heavy atom. The van der Waals surface area contributed by atoms with Gasteiger partial charge in [-0.25, -0.2) is 29.9 Å². The average Bonchev–Trinajstić information content (AvgIpc) is 1.59. The number of para-hydroxylation sites is 2. The quantitative estimate of drug-likeness (QED) is 0.121. The van der Waals surface area contributed by atoms with Gasteiger partial charge in [-0.3, -0.25) is 0 Å². The van der Waals surface area contributed by atoms with Crippen LogP contribution in [0.5, 0.6) is 0 Å². The maximum absolute atomic E-state index is 5.13. The summed E-state index contributed by atoms with van der Waals surface area (Å²) in [4.78, 5) is 30.5. The fourth-order valence-corrected chi connectivity index (χ4v) is 18.2. The van der Waals surface area contributed by atoms with Gasteiger partial charge < -0.3 is 9.13 Å². The fourth-order valence-electron chi connectivity index (χ4n) is 15.9. The van der Waals surface area contributed by atoms with E-state index in [9.17, 15) is 0 Å². The Morgan fingerprint density at radius 1 is 0.152 bits per heavy atom. The van der Waals surface area contributed by atoms with E-state index in [-0.39, 0.29) is 0 Å². The minimum Gasteiger partial charge on any atom is -0.309 e. The summed E-state index contributed by atoms with van der Waals surface area (Å²) >= 11 is 3.60. The lowest BCUT2D eigenvalue weighted by Crippen LogP contribution is -2.00. The summed E-state index contributed by atoms with van der Waals surface area (Å²) in [7, 11) is 0. The summed E-state index contributed by atoms with van der Waals surface area (Å²) in [5.41, 5.74) is 21.9. The van der Waals surface area contributed by atoms with Crippen molar-refractivity contribution in [2.24, 2.45) is 0 Å². The monoisotopic (exact) mass is 1460 g/mol. The number of rotatable bonds is 12. The first-order chi connectivity index (χ1) is 55.5. The fraction of sp³-hybridized carbons (Fsp3) is 0. The number of aromatic nitrogens is 8. The lowest BCUT2D eigenvalue weighted by molar-refractivity contribution is 1.07. The van der Waals surface area contributed by atoms with Crippen molar-refractivity contribution in [1.82, 2.24) is 39.0 Å². The van der Waals surface area contributed by atoms with E-state index in [1.54, 1.807) is 22.7 Å². The van der Waals surface area contributed by atoms with Crippen LogP contribution in [-0.2, 0) is 0 Å². The molecule has 0 aliphatic heterocycles. The van der Waals surface area contributed by atoms with Crippen LogP contribution in [-0.4, -0.2) is 39.0 Å². The third-order valence-corrected chi connectivity index (χ3v) is 23.6. The molecular formula is C102H64N8S2. The number of thiophene rings is 2. The molecule has 10 heteroatoms. The number of hydrogen-bond acceptors (Lipinski definition) is 8. The second-order valence-electron chi connectivity index (χ2n) is 28.1. The minimum absolute atomic E-state index is 0.638. The molecule has 0 N–H and O–H groups in total. The number of hydrogen-bond donors (Lipinski definition) is 0. The smallest absolute Gasteiger partial charge is 0.164 e. The summed E-state index contributed by atoms with van der Waals surface area (Å²) in [5, 5.41) is 9.99. The van der Waals surface area contributed by atoms with E-state index < -0.39 is 0 Å². The summed E-state index contributed by atoms with van der Waals surface area (Å²) in [6.07, 6.45) is 0. The van der Waals surface area contributed by atoms with E-state index in [1.807, 2.05) is 36.4 Å². The molecule has 6 aromatic heterocycles. The molecule has 0 aliphatic carbocycles. The van der Waals surface area contributed by atoms with Crippen LogP contribution in [0.25, 0.3) is 208 Å². The van der Waals surface area contributed by atoms with Crippen LogP contribution in [0.3, 0.4) is 0 Å². The molecule has 112 heavy (non-hydrogen) atoms. The van der Waals surface area contributed by atoms with Gasteiger partial charge >= 0.3 is 0 Å². The molecule has 0 atom stereocenters. The van der Waals surface area contributed by atoms with Crippen LogP contribution in [0, 0.1) is 0 Å². The van der Waals surface area contributed by atoms with Crippen LogP contribution in [0.15, 0.2) is 388 Å². The highest BCUT2D eigenvalue weighted by Crippen LogP contribution is 2.43. The summed E-state index contributed by atoms with van der Waals surface area (Å²) in [5.74, 6) is 3.88. The molecule has 0 amide bonds. The van der Waals surface area contributed by atoms with Crippen molar-refractivity contribution in [2.75, 3.05) is 0 Å². The highest BCUT2D eigenvalue weighted by Gasteiger charge is 2.21. The molecular weight excluding hydrogens is 1400 g/mol. The molecule has 0 saturated carbocycles. The van der Waals surface area contributed by atoms with Crippen LogP contribution in [0.4, 0.5) is 0 Å². The molecule has 8 nitrogen and oxygen atoms in total. The van der Waals surface area contributed by atoms with E-state index in [4.69, 9.17) is 29.9 Å². The largest absolute Gasteiger partial charge is 0.309 e. The first-order valence-corrected chi connectivity index (χ1v) is 39.2. The van der Waals surface area contributed by atoms with Crippen molar-refractivity contribution in [3.8, 4) is 124 Å². The maximum atomic E-state index is 5.13. The molecule has 6 heterocycles. The molecule has 0 radical (unpaired) electrons. The molecule has 524 valence electrons. The maximum Gasteiger partial charge on any atom is 0.164 e. The second kappa shape index (κ2) is 28.0. The first-order valence-electron chi connectivity index (χ1n) is 37.5. The molecule has 16 aromatic carbocycles. The van der Waals surface area contributed by atoms with Crippen molar-refractivity contribution in [3.05, 3.63) is 388 Å². The predicted molar refractivity (Wildman–Crippen MR) is 468 cm³/mol. The van der Waals surface area contributed by atoms with E-state index in [0.29, 0.717) is 34.9 Å². The van der Waals surface area contributed by atoms with Gasteiger partial charge in [-0.1, -0.05) is 297 Å². The van der Waals surface area contributed by atoms with Gasteiger partial charge in [0.25, 0.3) is 0 Å². The summed E-state index contributed by atoms with van der Waals surface area (Å²) in [6, 6.07) is 137. The average molecular weight is 1470 g/mol. The van der Waals surface area contributed by atoms with E-state index in [0.717, 1.165) is 67.0 Å². The Balaban J connectivity index is 0.000000141. The van der Waals surface area contributed by atoms with Crippen molar-refractivity contribution in [3.63, 3.8) is 0 Å². The first kappa shape index (κ1) is 65.8. The normalized spacial score (nSPS) is 11.6. The Labute approximate surface area is 653 Å². The van der Waals surface area contributed by atoms with Crippen LogP contribution in [0.1, 0.15) is 0 Å². The Kier molecular flexibility index (Phi) is 16.4. The van der Waals surface area contributed by atoms with Gasteiger partial charge in [0.15, 0.2) is 34.9 Å².